The van der Waals surface area contributed by atoms with Crippen LogP contribution in [0.15, 0.2) is 16.4 Å². The Hall–Kier alpha value is -1.74. The molecule has 0 spiro atoms. The van der Waals surface area contributed by atoms with Crippen molar-refractivity contribution in [1.82, 2.24) is 30.0 Å². The maximum absolute atomic E-state index is 13.2. The largest absolute Gasteiger partial charge is 0.511 e. The summed E-state index contributed by atoms with van der Waals surface area (Å²) >= 11 is 3.00. The number of amides is 1. The van der Waals surface area contributed by atoms with Crippen LogP contribution in [0, 0.1) is 0 Å². The second kappa shape index (κ2) is 15.2. The fraction of sp³-hybridized carbons (Fsp3) is 0.727. The highest BCUT2D eigenvalue weighted by Crippen LogP contribution is 2.41. The Labute approximate surface area is 242 Å². The molecule has 1 saturated heterocycles. The molecular formula is C22H34Cl2N6O6S2. The number of hydrogen-bond donors (Lipinski definition) is 0. The number of thioether (sulfide) groups is 2. The highest BCUT2D eigenvalue weighted by Gasteiger charge is 2.46. The third kappa shape index (κ3) is 8.38. The molecule has 1 saturated carbocycles. The Morgan fingerprint density at radius 2 is 1.92 bits per heavy atom. The molecule has 38 heavy (non-hydrogen) atoms. The van der Waals surface area contributed by atoms with Crippen LogP contribution >= 0.6 is 48.3 Å². The lowest BCUT2D eigenvalue weighted by molar-refractivity contribution is -0.169. The van der Waals surface area contributed by atoms with Crippen molar-refractivity contribution < 1.29 is 28.6 Å². The third-order valence-electron chi connectivity index (χ3n) is 6.11. The zero-order chi connectivity index (χ0) is 25.7. The number of β-lactam (4-membered cyclic amide) rings is 1. The first kappa shape index (κ1) is 32.5. The zero-order valence-electron chi connectivity index (χ0n) is 21.6. The smallest absolute Gasteiger partial charge is 0.431 e. The highest BCUT2D eigenvalue weighted by molar-refractivity contribution is 8.00. The molecule has 1 aliphatic carbocycles. The Morgan fingerprint density at radius 1 is 1.18 bits per heavy atom. The van der Waals surface area contributed by atoms with Gasteiger partial charge >= 0.3 is 12.1 Å². The van der Waals surface area contributed by atoms with E-state index in [0.29, 0.717) is 29.6 Å². The van der Waals surface area contributed by atoms with Crippen LogP contribution < -0.4 is 0 Å². The lowest BCUT2D eigenvalue weighted by Crippen LogP contribution is -2.54. The van der Waals surface area contributed by atoms with Gasteiger partial charge in [0.1, 0.15) is 11.8 Å². The summed E-state index contributed by atoms with van der Waals surface area (Å²) in [6.07, 6.45) is 3.00. The van der Waals surface area contributed by atoms with Gasteiger partial charge in [0.05, 0.1) is 18.3 Å². The molecule has 3 heterocycles. The molecule has 0 bridgehead atoms. The monoisotopic (exact) mass is 612 g/mol. The van der Waals surface area contributed by atoms with Crippen molar-refractivity contribution in [3.05, 3.63) is 11.3 Å². The van der Waals surface area contributed by atoms with Gasteiger partial charge in [0.2, 0.25) is 17.4 Å². The van der Waals surface area contributed by atoms with Gasteiger partial charge in [-0.2, -0.15) is 0 Å². The van der Waals surface area contributed by atoms with Crippen LogP contribution in [0.4, 0.5) is 4.79 Å². The Balaban J connectivity index is 0.00000253. The second-order valence-electron chi connectivity index (χ2n) is 9.18. The number of rotatable bonds is 10. The summed E-state index contributed by atoms with van der Waals surface area (Å²) < 4.78 is 17.6. The quantitative estimate of drug-likeness (QED) is 0.166. The van der Waals surface area contributed by atoms with Crippen LogP contribution in [-0.2, 0) is 30.3 Å². The highest BCUT2D eigenvalue weighted by atomic mass is 35.5. The summed E-state index contributed by atoms with van der Waals surface area (Å²) in [4.78, 5) is 41.2. The van der Waals surface area contributed by atoms with Crippen LogP contribution in [0.3, 0.4) is 0 Å². The first-order valence-electron chi connectivity index (χ1n) is 12.1. The zero-order valence-corrected chi connectivity index (χ0v) is 24.8. The van der Waals surface area contributed by atoms with Gasteiger partial charge in [-0.05, 0) is 55.8 Å². The summed E-state index contributed by atoms with van der Waals surface area (Å²) in [5.41, 5.74) is 0.962. The molecule has 16 heteroatoms. The van der Waals surface area contributed by atoms with Crippen molar-refractivity contribution in [2.24, 2.45) is 0 Å². The molecular weight excluding hydrogens is 579 g/mol. The predicted molar refractivity (Wildman–Crippen MR) is 146 cm³/mol. The number of nitrogens with zero attached hydrogens (tertiary/aromatic N) is 6. The van der Waals surface area contributed by atoms with Crippen LogP contribution in [0.2, 0.25) is 0 Å². The van der Waals surface area contributed by atoms with E-state index in [1.54, 1.807) is 16.4 Å². The topological polar surface area (TPSA) is 129 Å². The summed E-state index contributed by atoms with van der Waals surface area (Å²) in [6, 6.07) is 0. The molecule has 3 aliphatic rings. The van der Waals surface area contributed by atoms with Crippen LogP contribution in [0.5, 0.6) is 0 Å². The van der Waals surface area contributed by atoms with Gasteiger partial charge in [-0.15, -0.1) is 41.7 Å². The number of aromatic nitrogens is 4. The minimum atomic E-state index is -1.15. The normalized spacial score (nSPS) is 20.1. The van der Waals surface area contributed by atoms with E-state index in [9.17, 15) is 14.4 Å². The van der Waals surface area contributed by atoms with E-state index in [4.69, 9.17) is 14.2 Å². The number of carbonyl (C=O) groups excluding carboxylic acids is 3. The average Bonchev–Trinajstić information content (AvgIpc) is 3.28. The molecule has 12 nitrogen and oxygen atoms in total. The van der Waals surface area contributed by atoms with Gasteiger partial charge in [-0.25, -0.2) is 14.3 Å². The van der Waals surface area contributed by atoms with Crippen molar-refractivity contribution in [3.8, 4) is 0 Å². The molecule has 2 atom stereocenters. The number of carbonyl (C=O) groups is 3. The van der Waals surface area contributed by atoms with Crippen molar-refractivity contribution >= 4 is 66.4 Å². The molecule has 1 aromatic heterocycles. The molecule has 0 N–H and O–H groups in total. The molecule has 214 valence electrons. The van der Waals surface area contributed by atoms with Gasteiger partial charge in [-0.1, -0.05) is 18.2 Å². The van der Waals surface area contributed by atoms with Gasteiger partial charge in [0, 0.05) is 25.0 Å². The lowest BCUT2D eigenvalue weighted by Gasteiger charge is -2.44. The number of halogens is 2. The number of tetrazole rings is 1. The molecule has 1 amide bonds. The number of fused-ring (bicyclic) bond motifs is 1. The first-order valence-corrected chi connectivity index (χ1v) is 14.1. The van der Waals surface area contributed by atoms with E-state index in [1.165, 1.54) is 23.6 Å². The van der Waals surface area contributed by atoms with Gasteiger partial charge < -0.3 is 19.1 Å². The second-order valence-corrected chi connectivity index (χ2v) is 11.3. The number of esters is 1. The fourth-order valence-corrected chi connectivity index (χ4v) is 6.48. The maximum atomic E-state index is 13.2. The fourth-order valence-electron chi connectivity index (χ4n) is 4.18. The third-order valence-corrected chi connectivity index (χ3v) is 8.43. The number of hydrogen-bond acceptors (Lipinski definition) is 12. The summed E-state index contributed by atoms with van der Waals surface area (Å²) in [5.74, 6) is 0.149. The van der Waals surface area contributed by atoms with Crippen molar-refractivity contribution in [3.63, 3.8) is 0 Å². The molecule has 2 aliphatic heterocycles. The van der Waals surface area contributed by atoms with Crippen LogP contribution in [0.25, 0.3) is 0 Å². The van der Waals surface area contributed by atoms with Gasteiger partial charge in [-0.3, -0.25) is 9.69 Å². The number of likely N-dealkylation sites (N-methyl/N-ethyl adjacent to an activating group) is 1. The van der Waals surface area contributed by atoms with Gasteiger partial charge in [0.15, 0.2) is 0 Å². The molecule has 1 unspecified atom stereocenters. The van der Waals surface area contributed by atoms with Crippen molar-refractivity contribution in [2.75, 3.05) is 32.1 Å². The number of ether oxygens (including phenoxy) is 3. The van der Waals surface area contributed by atoms with E-state index >= 15 is 0 Å². The minimum Gasteiger partial charge on any atom is -0.431 e. The maximum Gasteiger partial charge on any atom is 0.511 e. The van der Waals surface area contributed by atoms with Crippen molar-refractivity contribution in [2.45, 2.75) is 74.9 Å². The first-order chi connectivity index (χ1) is 17.3. The van der Waals surface area contributed by atoms with E-state index in [1.807, 2.05) is 19.0 Å². The minimum absolute atomic E-state index is 0. The summed E-state index contributed by atoms with van der Waals surface area (Å²) in [7, 11) is 3.94. The molecule has 1 aromatic rings. The standard InChI is InChI=1S/C22H32N6O6S2.2ClH/c1-14(33-22(31)34-16-7-5-4-6-8-16)32-20(30)19-15(12-35-18-11-17(29)28(18)19)13-36-21-23-24-25-27(21)10-9-26(2)3;;/h14,16,18H,4-13H2,1-3H3;2*1H/t14?,18-;;/m0../s1. The Bertz CT molecular complexity index is 1010. The van der Waals surface area contributed by atoms with Crippen molar-refractivity contribution in [1.29, 1.82) is 0 Å². The van der Waals surface area contributed by atoms with E-state index in [0.717, 1.165) is 44.2 Å². The Morgan fingerprint density at radius 3 is 2.61 bits per heavy atom. The van der Waals surface area contributed by atoms with Crippen LogP contribution in [-0.4, -0.2) is 98.0 Å². The van der Waals surface area contributed by atoms with E-state index < -0.39 is 18.4 Å². The molecule has 4 rings (SSSR count). The van der Waals surface area contributed by atoms with Gasteiger partial charge in [0.25, 0.3) is 0 Å². The molecule has 0 radical (unpaired) electrons. The summed E-state index contributed by atoms with van der Waals surface area (Å²) in [5, 5.41) is 12.4. The van der Waals surface area contributed by atoms with E-state index in [-0.39, 0.29) is 47.9 Å². The lowest BCUT2D eigenvalue weighted by atomic mass is 9.98. The molecule has 0 aromatic carbocycles. The van der Waals surface area contributed by atoms with E-state index in [2.05, 4.69) is 15.5 Å². The van der Waals surface area contributed by atoms with Crippen LogP contribution in [0.1, 0.15) is 45.4 Å². The predicted octanol–water partition coefficient (Wildman–Crippen LogP) is 3.10. The molecule has 2 fully saturated rings. The SMILES string of the molecule is CC(OC(=O)OC1CCCCC1)OC(=O)C1=C(CSc2nnnn2CCN(C)C)CS[C@H]2CC(=O)N12.Cl.Cl. The summed E-state index contributed by atoms with van der Waals surface area (Å²) in [6.45, 7) is 2.87. The Kier molecular flexibility index (Phi) is 12.9. The average molecular weight is 614 g/mol.